The molecule has 1 N–H and O–H groups in total. The first kappa shape index (κ1) is 9.96. The lowest BCUT2D eigenvalue weighted by atomic mass is 10.1. The van der Waals surface area contributed by atoms with E-state index in [-0.39, 0.29) is 5.91 Å². The van der Waals surface area contributed by atoms with Gasteiger partial charge in [0.15, 0.2) is 0 Å². The van der Waals surface area contributed by atoms with Gasteiger partial charge < -0.3 is 5.32 Å². The number of halogens is 1. The van der Waals surface area contributed by atoms with Gasteiger partial charge in [0.25, 0.3) is 0 Å². The highest BCUT2D eigenvalue weighted by Gasteiger charge is 2.22. The Bertz CT molecular complexity index is 330. The summed E-state index contributed by atoms with van der Waals surface area (Å²) in [6.07, 6.45) is 2.64. The number of anilines is 1. The number of benzene rings is 1. The van der Waals surface area contributed by atoms with Crippen LogP contribution in [-0.2, 0) is 4.79 Å². The van der Waals surface area contributed by atoms with Crippen molar-refractivity contribution in [2.45, 2.75) is 18.8 Å². The second kappa shape index (κ2) is 4.29. The normalized spacial score (nSPS) is 15.2. The SMILES string of the molecule is O=C(CI)Nc1ccc(C2CC2)cc1. The van der Waals surface area contributed by atoms with Crippen LogP contribution in [0, 0.1) is 0 Å². The van der Waals surface area contributed by atoms with Gasteiger partial charge in [-0.1, -0.05) is 34.7 Å². The van der Waals surface area contributed by atoms with E-state index in [2.05, 4.69) is 40.0 Å². The zero-order valence-corrected chi connectivity index (χ0v) is 9.95. The zero-order valence-electron chi connectivity index (χ0n) is 7.79. The van der Waals surface area contributed by atoms with E-state index in [0.29, 0.717) is 4.43 Å². The fraction of sp³-hybridized carbons (Fsp3) is 0.364. The minimum Gasteiger partial charge on any atom is -0.325 e. The van der Waals surface area contributed by atoms with Crippen molar-refractivity contribution in [3.05, 3.63) is 29.8 Å². The molecule has 3 heteroatoms. The number of carbonyl (C=O) groups excluding carboxylic acids is 1. The number of hydrogen-bond acceptors (Lipinski definition) is 1. The van der Waals surface area contributed by atoms with E-state index in [0.717, 1.165) is 11.6 Å². The van der Waals surface area contributed by atoms with Gasteiger partial charge in [0.1, 0.15) is 0 Å². The molecule has 0 radical (unpaired) electrons. The van der Waals surface area contributed by atoms with Crippen molar-refractivity contribution in [3.63, 3.8) is 0 Å². The Hall–Kier alpha value is -0.580. The summed E-state index contributed by atoms with van der Waals surface area (Å²) in [4.78, 5) is 11.1. The average molecular weight is 301 g/mol. The summed E-state index contributed by atoms with van der Waals surface area (Å²) in [6.45, 7) is 0. The fourth-order valence-electron chi connectivity index (χ4n) is 1.45. The second-order valence-corrected chi connectivity index (χ2v) is 4.34. The molecule has 0 spiro atoms. The van der Waals surface area contributed by atoms with Gasteiger partial charge in [-0.15, -0.1) is 0 Å². The molecule has 2 rings (SSSR count). The third-order valence-electron chi connectivity index (χ3n) is 2.36. The molecule has 0 saturated heterocycles. The molecule has 0 bridgehead atoms. The summed E-state index contributed by atoms with van der Waals surface area (Å²) >= 11 is 2.06. The number of hydrogen-bond donors (Lipinski definition) is 1. The molecule has 1 amide bonds. The molecule has 1 aliphatic rings. The summed E-state index contributed by atoms with van der Waals surface area (Å²) in [6, 6.07) is 8.19. The van der Waals surface area contributed by atoms with Crippen LogP contribution in [0.15, 0.2) is 24.3 Å². The number of amides is 1. The molecule has 74 valence electrons. The predicted molar refractivity (Wildman–Crippen MR) is 65.9 cm³/mol. The Labute approximate surface area is 97.2 Å². The number of carbonyl (C=O) groups is 1. The molecule has 1 saturated carbocycles. The maximum absolute atomic E-state index is 11.1. The lowest BCUT2D eigenvalue weighted by Gasteiger charge is -2.03. The van der Waals surface area contributed by atoms with Crippen LogP contribution in [-0.4, -0.2) is 10.3 Å². The summed E-state index contributed by atoms with van der Waals surface area (Å²) < 4.78 is 0.502. The highest BCUT2D eigenvalue weighted by Crippen LogP contribution is 2.40. The van der Waals surface area contributed by atoms with Crippen molar-refractivity contribution in [1.29, 1.82) is 0 Å². The van der Waals surface area contributed by atoms with Crippen LogP contribution < -0.4 is 5.32 Å². The largest absolute Gasteiger partial charge is 0.325 e. The van der Waals surface area contributed by atoms with Crippen molar-refractivity contribution in [1.82, 2.24) is 0 Å². The van der Waals surface area contributed by atoms with E-state index in [4.69, 9.17) is 0 Å². The molecule has 1 aliphatic carbocycles. The van der Waals surface area contributed by atoms with Crippen molar-refractivity contribution in [2.24, 2.45) is 0 Å². The summed E-state index contributed by atoms with van der Waals surface area (Å²) in [7, 11) is 0. The topological polar surface area (TPSA) is 29.1 Å². The van der Waals surface area contributed by atoms with Crippen molar-refractivity contribution < 1.29 is 4.79 Å². The highest BCUT2D eigenvalue weighted by molar-refractivity contribution is 14.1. The molecule has 1 fully saturated rings. The van der Waals surface area contributed by atoms with Crippen LogP contribution in [0.1, 0.15) is 24.3 Å². The van der Waals surface area contributed by atoms with Gasteiger partial charge >= 0.3 is 0 Å². The maximum Gasteiger partial charge on any atom is 0.234 e. The Kier molecular flexibility index (Phi) is 3.05. The molecule has 2 nitrogen and oxygen atoms in total. The van der Waals surface area contributed by atoms with Crippen molar-refractivity contribution >= 4 is 34.2 Å². The molecule has 0 unspecified atom stereocenters. The van der Waals surface area contributed by atoms with Crippen LogP contribution >= 0.6 is 22.6 Å². The van der Waals surface area contributed by atoms with Crippen molar-refractivity contribution in [3.8, 4) is 0 Å². The summed E-state index contributed by atoms with van der Waals surface area (Å²) in [5, 5.41) is 2.83. The molecule has 1 aromatic rings. The lowest BCUT2D eigenvalue weighted by molar-refractivity contribution is -0.113. The molecule has 0 atom stereocenters. The van der Waals surface area contributed by atoms with Crippen LogP contribution in [0.2, 0.25) is 0 Å². The molecule has 0 aromatic heterocycles. The Morgan fingerprint density at radius 3 is 2.50 bits per heavy atom. The predicted octanol–water partition coefficient (Wildman–Crippen LogP) is 2.94. The first-order valence-electron chi connectivity index (χ1n) is 4.75. The van der Waals surface area contributed by atoms with Gasteiger partial charge in [-0.05, 0) is 36.5 Å². The summed E-state index contributed by atoms with van der Waals surface area (Å²) in [5.41, 5.74) is 2.30. The van der Waals surface area contributed by atoms with Crippen molar-refractivity contribution in [2.75, 3.05) is 9.74 Å². The molecule has 0 aliphatic heterocycles. The monoisotopic (exact) mass is 301 g/mol. The standard InChI is InChI=1S/C11H12INO/c12-7-11(14)13-10-5-3-9(4-6-10)8-1-2-8/h3-6,8H,1-2,7H2,(H,13,14). The third kappa shape index (κ3) is 2.47. The maximum atomic E-state index is 11.1. The average Bonchev–Trinajstić information content (AvgIpc) is 3.02. The van der Waals surface area contributed by atoms with Crippen LogP contribution in [0.3, 0.4) is 0 Å². The van der Waals surface area contributed by atoms with E-state index < -0.39 is 0 Å². The molecule has 14 heavy (non-hydrogen) atoms. The van der Waals surface area contributed by atoms with E-state index in [9.17, 15) is 4.79 Å². The van der Waals surface area contributed by atoms with E-state index in [1.165, 1.54) is 18.4 Å². The van der Waals surface area contributed by atoms with Gasteiger partial charge in [-0.25, -0.2) is 0 Å². The molecule has 0 heterocycles. The Morgan fingerprint density at radius 2 is 2.00 bits per heavy atom. The molecule has 1 aromatic carbocycles. The zero-order chi connectivity index (χ0) is 9.97. The fourth-order valence-corrected chi connectivity index (χ4v) is 1.64. The highest BCUT2D eigenvalue weighted by atomic mass is 127. The smallest absolute Gasteiger partial charge is 0.234 e. The first-order valence-corrected chi connectivity index (χ1v) is 6.28. The van der Waals surface area contributed by atoms with Gasteiger partial charge in [0.2, 0.25) is 5.91 Å². The number of rotatable bonds is 3. The Morgan fingerprint density at radius 1 is 1.36 bits per heavy atom. The van der Waals surface area contributed by atoms with E-state index in [1.54, 1.807) is 0 Å². The second-order valence-electron chi connectivity index (χ2n) is 3.58. The minimum atomic E-state index is 0.0600. The van der Waals surface area contributed by atoms with E-state index in [1.807, 2.05) is 12.1 Å². The first-order chi connectivity index (χ1) is 6.79. The third-order valence-corrected chi connectivity index (χ3v) is 3.06. The Balaban J connectivity index is 2.02. The quantitative estimate of drug-likeness (QED) is 0.675. The van der Waals surface area contributed by atoms with Crippen LogP contribution in [0.4, 0.5) is 5.69 Å². The lowest BCUT2D eigenvalue weighted by Crippen LogP contribution is -2.11. The van der Waals surface area contributed by atoms with Gasteiger partial charge in [-0.3, -0.25) is 4.79 Å². The van der Waals surface area contributed by atoms with Gasteiger partial charge in [-0.2, -0.15) is 0 Å². The molecular formula is C11H12INO. The van der Waals surface area contributed by atoms with Gasteiger partial charge in [0, 0.05) is 5.69 Å². The van der Waals surface area contributed by atoms with Gasteiger partial charge in [0.05, 0.1) is 4.43 Å². The molecular weight excluding hydrogens is 289 g/mol. The van der Waals surface area contributed by atoms with E-state index >= 15 is 0 Å². The van der Waals surface area contributed by atoms with Crippen LogP contribution in [0.5, 0.6) is 0 Å². The number of nitrogens with one attached hydrogen (secondary N) is 1. The summed E-state index contributed by atoms with van der Waals surface area (Å²) in [5.74, 6) is 0.842. The number of alkyl halides is 1. The minimum absolute atomic E-state index is 0.0600. The van der Waals surface area contributed by atoms with Crippen LogP contribution in [0.25, 0.3) is 0 Å².